The van der Waals surface area contributed by atoms with Crippen molar-refractivity contribution in [1.29, 1.82) is 5.26 Å². The number of nitrogens with one attached hydrogen (secondary N) is 3. The molecule has 6 heteroatoms. The van der Waals surface area contributed by atoms with Crippen LogP contribution in [0.3, 0.4) is 0 Å². The maximum atomic E-state index is 12.6. The van der Waals surface area contributed by atoms with Crippen LogP contribution in [-0.4, -0.2) is 23.5 Å². The maximum absolute atomic E-state index is 12.6. The van der Waals surface area contributed by atoms with Crippen molar-refractivity contribution >= 4 is 33.8 Å². The summed E-state index contributed by atoms with van der Waals surface area (Å²) in [6.45, 7) is 2.49. The van der Waals surface area contributed by atoms with Gasteiger partial charge >= 0.3 is 0 Å². The van der Waals surface area contributed by atoms with Gasteiger partial charge in [0.25, 0.3) is 0 Å². The van der Waals surface area contributed by atoms with Gasteiger partial charge in [0.1, 0.15) is 0 Å². The lowest BCUT2D eigenvalue weighted by Crippen LogP contribution is -2.40. The predicted octanol–water partition coefficient (Wildman–Crippen LogP) is 4.85. The molecule has 0 spiro atoms. The molecule has 2 aromatic carbocycles. The van der Waals surface area contributed by atoms with Crippen LogP contribution in [0.15, 0.2) is 72.2 Å². The first kappa shape index (κ1) is 19.9. The van der Waals surface area contributed by atoms with Crippen LogP contribution in [0.2, 0.25) is 0 Å². The molecule has 2 atom stereocenters. The summed E-state index contributed by atoms with van der Waals surface area (Å²) in [6.07, 6.45) is 2.06. The number of benzene rings is 2. The second-order valence-corrected chi connectivity index (χ2v) is 8.15. The van der Waals surface area contributed by atoms with Gasteiger partial charge in [0.2, 0.25) is 5.91 Å². The molecule has 0 aliphatic carbocycles. The first-order valence-electron chi connectivity index (χ1n) is 9.79. The van der Waals surface area contributed by atoms with Gasteiger partial charge in [-0.25, -0.2) is 0 Å². The third-order valence-corrected chi connectivity index (χ3v) is 6.15. The average Bonchev–Trinajstić information content (AvgIpc) is 3.45. The molecular formula is C24H22N4OS. The molecule has 0 aliphatic rings. The smallest absolute Gasteiger partial charge is 0.241 e. The topological polar surface area (TPSA) is 80.7 Å². The first-order valence-corrected chi connectivity index (χ1v) is 10.7. The zero-order chi connectivity index (χ0) is 20.9. The van der Waals surface area contributed by atoms with Crippen LogP contribution in [0.4, 0.5) is 5.69 Å². The number of H-pyrrole nitrogens is 1. The summed E-state index contributed by atoms with van der Waals surface area (Å²) in [4.78, 5) is 17.3. The number of hydrogen-bond acceptors (Lipinski definition) is 4. The van der Waals surface area contributed by atoms with Crippen LogP contribution < -0.4 is 10.6 Å². The molecule has 4 aromatic rings. The number of thiophene rings is 1. The number of hydrogen-bond donors (Lipinski definition) is 3. The maximum Gasteiger partial charge on any atom is 0.241 e. The molecule has 2 heterocycles. The SMILES string of the molecule is C[C@H](NC[C@@H](c1cccs1)c1c[nH]c2ccccc12)C(=O)Nc1cccc(C#N)c1. The van der Waals surface area contributed by atoms with Gasteiger partial charge < -0.3 is 15.6 Å². The van der Waals surface area contributed by atoms with Crippen molar-refractivity contribution in [2.45, 2.75) is 18.9 Å². The average molecular weight is 415 g/mol. The van der Waals surface area contributed by atoms with Crippen LogP contribution in [0.1, 0.15) is 28.8 Å². The Morgan fingerprint density at radius 2 is 2.03 bits per heavy atom. The summed E-state index contributed by atoms with van der Waals surface area (Å²) in [5.41, 5.74) is 3.47. The third-order valence-electron chi connectivity index (χ3n) is 5.16. The van der Waals surface area contributed by atoms with Crippen molar-refractivity contribution in [2.75, 3.05) is 11.9 Å². The van der Waals surface area contributed by atoms with Crippen LogP contribution in [0, 0.1) is 11.3 Å². The molecule has 0 unspecified atom stereocenters. The Bertz CT molecular complexity index is 1190. The largest absolute Gasteiger partial charge is 0.361 e. The van der Waals surface area contributed by atoms with E-state index >= 15 is 0 Å². The quantitative estimate of drug-likeness (QED) is 0.404. The fourth-order valence-corrected chi connectivity index (χ4v) is 4.39. The molecule has 0 bridgehead atoms. The Labute approximate surface area is 179 Å². The summed E-state index contributed by atoms with van der Waals surface area (Å²) in [5, 5.41) is 18.6. The summed E-state index contributed by atoms with van der Waals surface area (Å²) in [7, 11) is 0. The Balaban J connectivity index is 1.49. The fourth-order valence-electron chi connectivity index (χ4n) is 3.54. The van der Waals surface area contributed by atoms with Crippen molar-refractivity contribution in [3.8, 4) is 6.07 Å². The summed E-state index contributed by atoms with van der Waals surface area (Å²) in [5.74, 6) is 0.00672. The predicted molar refractivity (Wildman–Crippen MR) is 122 cm³/mol. The summed E-state index contributed by atoms with van der Waals surface area (Å²) >= 11 is 1.72. The molecular weight excluding hydrogens is 392 g/mol. The third kappa shape index (κ3) is 4.28. The number of amides is 1. The highest BCUT2D eigenvalue weighted by Gasteiger charge is 2.21. The molecule has 5 nitrogen and oxygen atoms in total. The van der Waals surface area contributed by atoms with Gasteiger partial charge in [-0.2, -0.15) is 5.26 Å². The highest BCUT2D eigenvalue weighted by atomic mass is 32.1. The van der Waals surface area contributed by atoms with E-state index < -0.39 is 0 Å². The number of aromatic nitrogens is 1. The zero-order valence-corrected chi connectivity index (χ0v) is 17.4. The number of anilines is 1. The molecule has 150 valence electrons. The van der Waals surface area contributed by atoms with Crippen LogP contribution in [0.25, 0.3) is 10.9 Å². The lowest BCUT2D eigenvalue weighted by Gasteiger charge is -2.20. The monoisotopic (exact) mass is 414 g/mol. The second-order valence-electron chi connectivity index (χ2n) is 7.17. The minimum absolute atomic E-state index is 0.131. The normalized spacial score (nSPS) is 12.9. The number of carbonyl (C=O) groups excluding carboxylic acids is 1. The molecule has 0 radical (unpaired) electrons. The molecule has 30 heavy (non-hydrogen) atoms. The molecule has 0 aliphatic heterocycles. The molecule has 0 fully saturated rings. The second kappa shape index (κ2) is 8.95. The molecule has 0 saturated carbocycles. The van der Waals surface area contributed by atoms with E-state index in [1.54, 1.807) is 35.6 Å². The van der Waals surface area contributed by atoms with E-state index in [1.807, 2.05) is 19.1 Å². The van der Waals surface area contributed by atoms with Crippen molar-refractivity contribution in [3.63, 3.8) is 0 Å². The Hall–Kier alpha value is -3.40. The van der Waals surface area contributed by atoms with Gasteiger partial charge in [-0.15, -0.1) is 11.3 Å². The highest BCUT2D eigenvalue weighted by molar-refractivity contribution is 7.10. The van der Waals surface area contributed by atoms with Crippen molar-refractivity contribution < 1.29 is 4.79 Å². The van der Waals surface area contributed by atoms with E-state index in [2.05, 4.69) is 57.5 Å². The zero-order valence-electron chi connectivity index (χ0n) is 16.6. The lowest BCUT2D eigenvalue weighted by atomic mass is 9.96. The highest BCUT2D eigenvalue weighted by Crippen LogP contribution is 2.32. The molecule has 1 amide bonds. The van der Waals surface area contributed by atoms with Gasteiger partial charge in [0.05, 0.1) is 17.7 Å². The van der Waals surface area contributed by atoms with Crippen LogP contribution >= 0.6 is 11.3 Å². The van der Waals surface area contributed by atoms with Gasteiger partial charge in [-0.1, -0.05) is 30.3 Å². The van der Waals surface area contributed by atoms with Gasteiger partial charge in [0.15, 0.2) is 0 Å². The molecule has 3 N–H and O–H groups in total. The molecule has 2 aromatic heterocycles. The van der Waals surface area contributed by atoms with Crippen LogP contribution in [0.5, 0.6) is 0 Å². The number of aromatic amines is 1. The summed E-state index contributed by atoms with van der Waals surface area (Å²) in [6, 6.07) is 21.1. The van der Waals surface area contributed by atoms with E-state index in [0.717, 1.165) is 5.52 Å². The van der Waals surface area contributed by atoms with E-state index in [4.69, 9.17) is 5.26 Å². The van der Waals surface area contributed by atoms with Crippen molar-refractivity contribution in [3.05, 3.63) is 88.2 Å². The minimum atomic E-state index is -0.386. The van der Waals surface area contributed by atoms with E-state index in [1.165, 1.54) is 15.8 Å². The number of nitriles is 1. The number of fused-ring (bicyclic) bond motifs is 1. The van der Waals surface area contributed by atoms with Gasteiger partial charge in [-0.3, -0.25) is 4.79 Å². The molecule has 4 rings (SSSR count). The number of para-hydroxylation sites is 1. The fraction of sp³-hybridized carbons (Fsp3) is 0.167. The van der Waals surface area contributed by atoms with Gasteiger partial charge in [0, 0.05) is 40.1 Å². The lowest BCUT2D eigenvalue weighted by molar-refractivity contribution is -0.117. The number of nitrogens with zero attached hydrogens (tertiary/aromatic N) is 1. The summed E-state index contributed by atoms with van der Waals surface area (Å²) < 4.78 is 0. The van der Waals surface area contributed by atoms with Gasteiger partial charge in [-0.05, 0) is 48.2 Å². The Morgan fingerprint density at radius 1 is 1.17 bits per heavy atom. The minimum Gasteiger partial charge on any atom is -0.361 e. The first-order chi connectivity index (χ1) is 14.7. The molecule has 0 saturated heterocycles. The number of rotatable bonds is 7. The van der Waals surface area contributed by atoms with E-state index in [9.17, 15) is 4.79 Å². The van der Waals surface area contributed by atoms with E-state index in [0.29, 0.717) is 17.8 Å². The van der Waals surface area contributed by atoms with E-state index in [-0.39, 0.29) is 17.9 Å². The Kier molecular flexibility index (Phi) is 5.94. The van der Waals surface area contributed by atoms with Crippen molar-refractivity contribution in [1.82, 2.24) is 10.3 Å². The van der Waals surface area contributed by atoms with Crippen LogP contribution in [-0.2, 0) is 4.79 Å². The number of carbonyl (C=O) groups is 1. The van der Waals surface area contributed by atoms with Crippen molar-refractivity contribution in [2.24, 2.45) is 0 Å². The standard InChI is InChI=1S/C24H22N4OS/c1-16(24(29)28-18-7-4-6-17(12-18)13-25)26-15-21(23-10-5-11-30-23)20-14-27-22-9-3-2-8-19(20)22/h2-12,14,16,21,26-27H,15H2,1H3,(H,28,29)/t16-,21+/m0/s1. The Morgan fingerprint density at radius 3 is 2.83 bits per heavy atom.